The largest absolute Gasteiger partial charge is 0.255 e. The second-order valence-electron chi connectivity index (χ2n) is 7.50. The highest BCUT2D eigenvalue weighted by Crippen LogP contribution is 2.38. The monoisotopic (exact) mass is 498 g/mol. The number of aryl methyl sites for hydroxylation is 1. The number of aromatic nitrogens is 2. The van der Waals surface area contributed by atoms with E-state index in [1.165, 1.54) is 24.5 Å². The Morgan fingerprint density at radius 3 is 1.49 bits per heavy atom. The average molecular weight is 498 g/mol. The van der Waals surface area contributed by atoms with E-state index in [2.05, 4.69) is 9.97 Å². The Morgan fingerprint density at radius 2 is 0.971 bits per heavy atom. The molecule has 0 aliphatic carbocycles. The Balaban J connectivity index is 1.84. The SMILES string of the molecule is Cc1ccnc(-c2cc(Cc3c(F)c(F)c(-c4c(F)c(F)c(F)c(F)c4F)c(F)c3F)ccn2)c1. The predicted molar refractivity (Wildman–Crippen MR) is 107 cm³/mol. The molecule has 35 heavy (non-hydrogen) atoms. The molecule has 0 bridgehead atoms. The van der Waals surface area contributed by atoms with Gasteiger partial charge in [0.05, 0.1) is 22.5 Å². The molecule has 2 nitrogen and oxygen atoms in total. The van der Waals surface area contributed by atoms with Gasteiger partial charge in [-0.05, 0) is 42.3 Å². The molecule has 0 saturated heterocycles. The zero-order valence-electron chi connectivity index (χ0n) is 17.5. The first-order valence-electron chi connectivity index (χ1n) is 9.77. The Labute approximate surface area is 191 Å². The minimum absolute atomic E-state index is 0.138. The fourth-order valence-corrected chi connectivity index (χ4v) is 3.48. The van der Waals surface area contributed by atoms with Crippen LogP contribution in [0.2, 0.25) is 0 Å². The summed E-state index contributed by atoms with van der Waals surface area (Å²) in [7, 11) is 0. The van der Waals surface area contributed by atoms with Crippen molar-refractivity contribution in [3.8, 4) is 22.5 Å². The van der Waals surface area contributed by atoms with Crippen LogP contribution in [0.1, 0.15) is 16.7 Å². The maximum Gasteiger partial charge on any atom is 0.200 e. The lowest BCUT2D eigenvalue weighted by molar-refractivity contribution is 0.379. The summed E-state index contributed by atoms with van der Waals surface area (Å²) in [6.45, 7) is 1.79. The molecule has 2 aromatic carbocycles. The number of halogens is 9. The van der Waals surface area contributed by atoms with Crippen LogP contribution in [0.5, 0.6) is 0 Å². The minimum atomic E-state index is -2.61. The van der Waals surface area contributed by atoms with Crippen molar-refractivity contribution in [3.63, 3.8) is 0 Å². The smallest absolute Gasteiger partial charge is 0.200 e. The molecule has 4 aromatic rings. The van der Waals surface area contributed by atoms with Crippen LogP contribution in [-0.4, -0.2) is 9.97 Å². The fraction of sp³-hybridized carbons (Fsp3) is 0.0833. The summed E-state index contributed by atoms with van der Waals surface area (Å²) in [5.74, 6) is -21.7. The lowest BCUT2D eigenvalue weighted by Gasteiger charge is -2.14. The molecule has 2 aromatic heterocycles. The highest BCUT2D eigenvalue weighted by molar-refractivity contribution is 5.68. The normalized spacial score (nSPS) is 11.3. The Bertz CT molecular complexity index is 1430. The number of benzene rings is 2. The topological polar surface area (TPSA) is 25.8 Å². The van der Waals surface area contributed by atoms with E-state index in [-0.39, 0.29) is 11.3 Å². The third-order valence-electron chi connectivity index (χ3n) is 5.20. The summed E-state index contributed by atoms with van der Waals surface area (Å²) < 4.78 is 127. The van der Waals surface area contributed by atoms with Gasteiger partial charge in [0.1, 0.15) is 0 Å². The van der Waals surface area contributed by atoms with E-state index < -0.39 is 75.5 Å². The maximum absolute atomic E-state index is 14.8. The molecule has 0 atom stereocenters. The van der Waals surface area contributed by atoms with E-state index in [4.69, 9.17) is 0 Å². The standard InChI is InChI=1S/C24H11F9N2/c1-9-2-4-34-12(6-9)13-8-10(3-5-35-13)7-11-16(25)18(27)14(19(28)17(11)26)15-20(29)22(31)24(33)23(32)21(15)30/h2-6,8H,7H2,1H3. The van der Waals surface area contributed by atoms with E-state index in [1.807, 2.05) is 0 Å². The van der Waals surface area contributed by atoms with Crippen molar-refractivity contribution < 1.29 is 39.5 Å². The summed E-state index contributed by atoms with van der Waals surface area (Å²) in [5.41, 5.74) is -3.68. The average Bonchev–Trinajstić information content (AvgIpc) is 2.85. The maximum atomic E-state index is 14.8. The number of hydrogen-bond donors (Lipinski definition) is 0. The van der Waals surface area contributed by atoms with Crippen LogP contribution in [0.4, 0.5) is 39.5 Å². The molecule has 0 unspecified atom stereocenters. The predicted octanol–water partition coefficient (Wildman–Crippen LogP) is 6.96. The molecule has 4 rings (SSSR count). The van der Waals surface area contributed by atoms with Gasteiger partial charge in [-0.25, -0.2) is 39.5 Å². The van der Waals surface area contributed by atoms with E-state index in [9.17, 15) is 39.5 Å². The van der Waals surface area contributed by atoms with Gasteiger partial charge in [-0.1, -0.05) is 0 Å². The first-order chi connectivity index (χ1) is 16.5. The Morgan fingerprint density at radius 1 is 0.543 bits per heavy atom. The molecular weight excluding hydrogens is 487 g/mol. The molecule has 0 aliphatic heterocycles. The van der Waals surface area contributed by atoms with Crippen LogP contribution in [0.3, 0.4) is 0 Å². The first-order valence-corrected chi connectivity index (χ1v) is 9.77. The van der Waals surface area contributed by atoms with Gasteiger partial charge in [-0.2, -0.15) is 0 Å². The van der Waals surface area contributed by atoms with Gasteiger partial charge >= 0.3 is 0 Å². The molecule has 0 radical (unpaired) electrons. The van der Waals surface area contributed by atoms with Crippen LogP contribution >= 0.6 is 0 Å². The molecule has 0 saturated carbocycles. The summed E-state index contributed by atoms with van der Waals surface area (Å²) in [6.07, 6.45) is 2.03. The molecule has 180 valence electrons. The fourth-order valence-electron chi connectivity index (χ4n) is 3.48. The molecule has 0 spiro atoms. The van der Waals surface area contributed by atoms with Gasteiger partial charge in [-0.3, -0.25) is 9.97 Å². The van der Waals surface area contributed by atoms with Gasteiger partial charge in [0.2, 0.25) is 5.82 Å². The van der Waals surface area contributed by atoms with Crippen molar-refractivity contribution in [1.29, 1.82) is 0 Å². The van der Waals surface area contributed by atoms with E-state index in [0.717, 1.165) is 5.56 Å². The quantitative estimate of drug-likeness (QED) is 0.173. The summed E-state index contributed by atoms with van der Waals surface area (Å²) in [5, 5.41) is 0. The van der Waals surface area contributed by atoms with Crippen molar-refractivity contribution >= 4 is 0 Å². The highest BCUT2D eigenvalue weighted by Gasteiger charge is 2.34. The van der Waals surface area contributed by atoms with E-state index in [0.29, 0.717) is 5.69 Å². The van der Waals surface area contributed by atoms with Crippen molar-refractivity contribution in [3.05, 3.63) is 106 Å². The first kappa shape index (κ1) is 24.2. The Kier molecular flexibility index (Phi) is 6.27. The van der Waals surface area contributed by atoms with Gasteiger partial charge in [-0.15, -0.1) is 0 Å². The van der Waals surface area contributed by atoms with Crippen molar-refractivity contribution in [2.75, 3.05) is 0 Å². The zero-order valence-corrected chi connectivity index (χ0v) is 17.5. The minimum Gasteiger partial charge on any atom is -0.255 e. The van der Waals surface area contributed by atoms with E-state index in [1.54, 1.807) is 19.1 Å². The Hall–Kier alpha value is -3.89. The van der Waals surface area contributed by atoms with Crippen LogP contribution in [0.15, 0.2) is 36.7 Å². The van der Waals surface area contributed by atoms with Gasteiger partial charge in [0, 0.05) is 24.4 Å². The van der Waals surface area contributed by atoms with Crippen LogP contribution in [0, 0.1) is 59.3 Å². The third-order valence-corrected chi connectivity index (χ3v) is 5.20. The molecule has 0 fully saturated rings. The third kappa shape index (κ3) is 4.11. The van der Waals surface area contributed by atoms with Gasteiger partial charge in [0.15, 0.2) is 46.5 Å². The van der Waals surface area contributed by atoms with Gasteiger partial charge in [0.25, 0.3) is 0 Å². The summed E-state index contributed by atoms with van der Waals surface area (Å²) in [4.78, 5) is 8.20. The summed E-state index contributed by atoms with van der Waals surface area (Å²) in [6, 6.07) is 6.04. The highest BCUT2D eigenvalue weighted by atomic mass is 19.2. The van der Waals surface area contributed by atoms with Crippen molar-refractivity contribution in [1.82, 2.24) is 9.97 Å². The second-order valence-corrected chi connectivity index (χ2v) is 7.50. The number of rotatable bonds is 4. The molecular formula is C24H11F9N2. The molecule has 11 heteroatoms. The van der Waals surface area contributed by atoms with E-state index >= 15 is 0 Å². The number of pyridine rings is 2. The van der Waals surface area contributed by atoms with Crippen LogP contribution in [0.25, 0.3) is 22.5 Å². The molecule has 0 N–H and O–H groups in total. The lowest BCUT2D eigenvalue weighted by atomic mass is 9.96. The van der Waals surface area contributed by atoms with Crippen LogP contribution < -0.4 is 0 Å². The van der Waals surface area contributed by atoms with Crippen LogP contribution in [-0.2, 0) is 6.42 Å². The molecule has 2 heterocycles. The summed E-state index contributed by atoms with van der Waals surface area (Å²) >= 11 is 0. The van der Waals surface area contributed by atoms with Crippen molar-refractivity contribution in [2.45, 2.75) is 13.3 Å². The van der Waals surface area contributed by atoms with Crippen molar-refractivity contribution in [2.24, 2.45) is 0 Å². The molecule has 0 amide bonds. The lowest BCUT2D eigenvalue weighted by Crippen LogP contribution is -2.11. The zero-order chi connectivity index (χ0) is 25.6. The van der Waals surface area contributed by atoms with Gasteiger partial charge < -0.3 is 0 Å². The number of nitrogens with zero attached hydrogens (tertiary/aromatic N) is 2. The molecule has 0 aliphatic rings. The second kappa shape index (κ2) is 9.05. The number of hydrogen-bond acceptors (Lipinski definition) is 2.